The van der Waals surface area contributed by atoms with Crippen LogP contribution >= 0.6 is 0 Å². The minimum Gasteiger partial charge on any atom is -0.356 e. The molecule has 0 spiro atoms. The van der Waals surface area contributed by atoms with E-state index in [1.165, 1.54) is 0 Å². The van der Waals surface area contributed by atoms with Crippen LogP contribution in [0, 0.1) is 17.3 Å². The van der Waals surface area contributed by atoms with Gasteiger partial charge in [-0.05, 0) is 38.9 Å². The van der Waals surface area contributed by atoms with Gasteiger partial charge in [-0.3, -0.25) is 9.59 Å². The summed E-state index contributed by atoms with van der Waals surface area (Å²) in [4.78, 5) is 27.6. The molecule has 0 radical (unpaired) electrons. The SMILES string of the molecule is CCN(CC)CCCNC(=O)[C@@H]1CCCCC1C(=O)C(C)(C)C. The first kappa shape index (κ1) is 20.1. The number of carbonyl (C=O) groups excluding carboxylic acids is 2. The Kier molecular flexibility index (Phi) is 8.24. The van der Waals surface area contributed by atoms with Crippen LogP contribution in [0.2, 0.25) is 0 Å². The highest BCUT2D eigenvalue weighted by Gasteiger charge is 2.39. The van der Waals surface area contributed by atoms with Crippen molar-refractivity contribution in [1.82, 2.24) is 10.2 Å². The zero-order valence-electron chi connectivity index (χ0n) is 15.8. The number of rotatable bonds is 8. The fraction of sp³-hybridized carbons (Fsp3) is 0.895. The van der Waals surface area contributed by atoms with Crippen molar-refractivity contribution in [3.63, 3.8) is 0 Å². The Morgan fingerprint density at radius 2 is 1.61 bits per heavy atom. The van der Waals surface area contributed by atoms with Gasteiger partial charge in [-0.1, -0.05) is 47.5 Å². The summed E-state index contributed by atoms with van der Waals surface area (Å²) in [6.07, 6.45) is 4.82. The van der Waals surface area contributed by atoms with Crippen LogP contribution in [-0.4, -0.2) is 42.8 Å². The number of nitrogens with one attached hydrogen (secondary N) is 1. The molecule has 134 valence electrons. The lowest BCUT2D eigenvalue weighted by Gasteiger charge is -2.33. The molecule has 0 saturated heterocycles. The van der Waals surface area contributed by atoms with Gasteiger partial charge in [0, 0.05) is 23.8 Å². The largest absolute Gasteiger partial charge is 0.356 e. The molecule has 4 heteroatoms. The Hall–Kier alpha value is -0.900. The predicted octanol–water partition coefficient (Wildman–Crippen LogP) is 3.26. The number of carbonyl (C=O) groups is 2. The Balaban J connectivity index is 2.50. The minimum absolute atomic E-state index is 0.0897. The van der Waals surface area contributed by atoms with Crippen molar-refractivity contribution < 1.29 is 9.59 Å². The number of Topliss-reactive ketones (excluding diaryl/α,β-unsaturated/α-hetero) is 1. The van der Waals surface area contributed by atoms with Crippen LogP contribution in [0.5, 0.6) is 0 Å². The number of hydrogen-bond acceptors (Lipinski definition) is 3. The fourth-order valence-corrected chi connectivity index (χ4v) is 3.50. The molecule has 1 rings (SSSR count). The normalized spacial score (nSPS) is 22.2. The standard InChI is InChI=1S/C19H36N2O2/c1-6-21(7-2)14-10-13-20-18(23)16-12-9-8-11-15(16)17(22)19(3,4)5/h15-16H,6-14H2,1-5H3,(H,20,23)/t15?,16-/m1/s1. The van der Waals surface area contributed by atoms with Crippen LogP contribution in [0.15, 0.2) is 0 Å². The quantitative estimate of drug-likeness (QED) is 0.697. The highest BCUT2D eigenvalue weighted by atomic mass is 16.2. The average molecular weight is 325 g/mol. The average Bonchev–Trinajstić information content (AvgIpc) is 2.53. The molecule has 0 heterocycles. The van der Waals surface area contributed by atoms with Crippen molar-refractivity contribution in [2.75, 3.05) is 26.2 Å². The second-order valence-corrected chi connectivity index (χ2v) is 7.78. The fourth-order valence-electron chi connectivity index (χ4n) is 3.50. The lowest BCUT2D eigenvalue weighted by Crippen LogP contribution is -2.43. The first-order chi connectivity index (χ1) is 10.8. The second-order valence-electron chi connectivity index (χ2n) is 7.78. The molecule has 1 saturated carbocycles. The van der Waals surface area contributed by atoms with Crippen molar-refractivity contribution >= 4 is 11.7 Å². The van der Waals surface area contributed by atoms with E-state index >= 15 is 0 Å². The van der Waals surface area contributed by atoms with Gasteiger partial charge >= 0.3 is 0 Å². The molecule has 0 aromatic carbocycles. The Morgan fingerprint density at radius 3 is 2.13 bits per heavy atom. The van der Waals surface area contributed by atoms with Gasteiger partial charge < -0.3 is 10.2 Å². The smallest absolute Gasteiger partial charge is 0.223 e. The first-order valence-corrected chi connectivity index (χ1v) is 9.35. The molecule has 1 aliphatic rings. The van der Waals surface area contributed by atoms with Gasteiger partial charge in [-0.2, -0.15) is 0 Å². The van der Waals surface area contributed by atoms with E-state index in [-0.39, 0.29) is 28.9 Å². The maximum Gasteiger partial charge on any atom is 0.223 e. The van der Waals surface area contributed by atoms with Crippen molar-refractivity contribution in [2.24, 2.45) is 17.3 Å². The van der Waals surface area contributed by atoms with Gasteiger partial charge in [0.1, 0.15) is 5.78 Å². The summed E-state index contributed by atoms with van der Waals surface area (Å²) in [5, 5.41) is 3.07. The van der Waals surface area contributed by atoms with Gasteiger partial charge in [0.2, 0.25) is 5.91 Å². The number of amides is 1. The zero-order valence-corrected chi connectivity index (χ0v) is 15.8. The molecule has 0 aliphatic heterocycles. The number of ketones is 1. The third-order valence-corrected chi connectivity index (χ3v) is 5.02. The van der Waals surface area contributed by atoms with E-state index in [0.717, 1.165) is 51.7 Å². The van der Waals surface area contributed by atoms with Gasteiger partial charge in [-0.15, -0.1) is 0 Å². The summed E-state index contributed by atoms with van der Waals surface area (Å²) < 4.78 is 0. The summed E-state index contributed by atoms with van der Waals surface area (Å²) >= 11 is 0. The third-order valence-electron chi connectivity index (χ3n) is 5.02. The summed E-state index contributed by atoms with van der Waals surface area (Å²) in [6, 6.07) is 0. The van der Waals surface area contributed by atoms with E-state index in [0.29, 0.717) is 6.54 Å². The molecule has 1 aliphatic carbocycles. The summed E-state index contributed by atoms with van der Waals surface area (Å²) in [7, 11) is 0. The van der Waals surface area contributed by atoms with Crippen molar-refractivity contribution in [1.29, 1.82) is 0 Å². The number of nitrogens with zero attached hydrogens (tertiary/aromatic N) is 1. The van der Waals surface area contributed by atoms with Gasteiger partial charge in [0.05, 0.1) is 0 Å². The molecule has 1 unspecified atom stereocenters. The van der Waals surface area contributed by atoms with Crippen LogP contribution in [0.1, 0.15) is 66.7 Å². The molecular formula is C19H36N2O2. The van der Waals surface area contributed by atoms with E-state index in [1.807, 2.05) is 20.8 Å². The van der Waals surface area contributed by atoms with E-state index in [4.69, 9.17) is 0 Å². The lowest BCUT2D eigenvalue weighted by molar-refractivity contribution is -0.139. The van der Waals surface area contributed by atoms with Crippen LogP contribution in [0.25, 0.3) is 0 Å². The van der Waals surface area contributed by atoms with Crippen molar-refractivity contribution in [2.45, 2.75) is 66.7 Å². The molecule has 0 bridgehead atoms. The minimum atomic E-state index is -0.358. The Labute approximate surface area is 142 Å². The second kappa shape index (κ2) is 9.41. The predicted molar refractivity (Wildman–Crippen MR) is 95.3 cm³/mol. The van der Waals surface area contributed by atoms with Crippen LogP contribution < -0.4 is 5.32 Å². The monoisotopic (exact) mass is 324 g/mol. The van der Waals surface area contributed by atoms with Crippen LogP contribution in [-0.2, 0) is 9.59 Å². The Morgan fingerprint density at radius 1 is 1.04 bits per heavy atom. The van der Waals surface area contributed by atoms with E-state index in [9.17, 15) is 9.59 Å². The lowest BCUT2D eigenvalue weighted by atomic mass is 9.70. The van der Waals surface area contributed by atoms with E-state index in [2.05, 4.69) is 24.1 Å². The molecular weight excluding hydrogens is 288 g/mol. The van der Waals surface area contributed by atoms with Crippen molar-refractivity contribution in [3.05, 3.63) is 0 Å². The first-order valence-electron chi connectivity index (χ1n) is 9.35. The van der Waals surface area contributed by atoms with E-state index < -0.39 is 0 Å². The van der Waals surface area contributed by atoms with Gasteiger partial charge in [0.15, 0.2) is 0 Å². The Bertz CT molecular complexity index is 383. The molecule has 4 nitrogen and oxygen atoms in total. The third kappa shape index (κ3) is 6.25. The van der Waals surface area contributed by atoms with Crippen molar-refractivity contribution in [3.8, 4) is 0 Å². The van der Waals surface area contributed by atoms with Crippen LogP contribution in [0.4, 0.5) is 0 Å². The molecule has 23 heavy (non-hydrogen) atoms. The summed E-state index contributed by atoms with van der Waals surface area (Å²) in [5.41, 5.74) is -0.358. The molecule has 0 aromatic heterocycles. The molecule has 1 N–H and O–H groups in total. The summed E-state index contributed by atoms with van der Waals surface area (Å²) in [5.74, 6) is 0.128. The van der Waals surface area contributed by atoms with Gasteiger partial charge in [-0.25, -0.2) is 0 Å². The molecule has 1 fully saturated rings. The number of hydrogen-bond donors (Lipinski definition) is 1. The van der Waals surface area contributed by atoms with E-state index in [1.54, 1.807) is 0 Å². The maximum absolute atomic E-state index is 12.6. The zero-order chi connectivity index (χ0) is 17.5. The topological polar surface area (TPSA) is 49.4 Å². The molecule has 1 amide bonds. The molecule has 0 aromatic rings. The molecule has 2 atom stereocenters. The highest BCUT2D eigenvalue weighted by Crippen LogP contribution is 2.35. The van der Waals surface area contributed by atoms with Crippen LogP contribution in [0.3, 0.4) is 0 Å². The summed E-state index contributed by atoms with van der Waals surface area (Å²) in [6.45, 7) is 14.0. The van der Waals surface area contributed by atoms with Gasteiger partial charge in [0.25, 0.3) is 0 Å². The highest BCUT2D eigenvalue weighted by molar-refractivity contribution is 5.91. The maximum atomic E-state index is 12.6.